The van der Waals surface area contributed by atoms with Crippen LogP contribution in [0.25, 0.3) is 0 Å². The van der Waals surface area contributed by atoms with Gasteiger partial charge in [0.15, 0.2) is 0 Å². The summed E-state index contributed by atoms with van der Waals surface area (Å²) in [7, 11) is 0. The van der Waals surface area contributed by atoms with E-state index in [1.807, 2.05) is 0 Å². The highest BCUT2D eigenvalue weighted by Crippen LogP contribution is 2.14. The number of hydrogen-bond donors (Lipinski definition) is 1. The molecule has 7 heavy (non-hydrogen) atoms. The highest BCUT2D eigenvalue weighted by Gasteiger charge is 2.17. The molecule has 0 heterocycles. The van der Waals surface area contributed by atoms with Crippen molar-refractivity contribution in [1.29, 1.82) is 0 Å². The Morgan fingerprint density at radius 2 is 2.29 bits per heavy atom. The summed E-state index contributed by atoms with van der Waals surface area (Å²) in [5.41, 5.74) is 0. The van der Waals surface area contributed by atoms with Crippen molar-refractivity contribution >= 4 is 5.97 Å². The lowest BCUT2D eigenvalue weighted by Crippen LogP contribution is -2.15. The van der Waals surface area contributed by atoms with Gasteiger partial charge in [0.1, 0.15) is 0 Å². The van der Waals surface area contributed by atoms with Gasteiger partial charge in [0.05, 0.1) is 5.92 Å². The Hall–Kier alpha value is -0.790. The number of carboxylic acids is 1. The third kappa shape index (κ3) is 0.633. The van der Waals surface area contributed by atoms with Gasteiger partial charge < -0.3 is 5.11 Å². The van der Waals surface area contributed by atoms with Crippen LogP contribution in [0, 0.1) is 12.3 Å². The number of rotatable bonds is 1. The molecule has 1 aliphatic carbocycles. The molecule has 0 aromatic carbocycles. The van der Waals surface area contributed by atoms with Crippen molar-refractivity contribution in [3.05, 3.63) is 18.6 Å². The van der Waals surface area contributed by atoms with Crippen LogP contribution in [0.4, 0.5) is 0 Å². The topological polar surface area (TPSA) is 37.3 Å². The van der Waals surface area contributed by atoms with Crippen LogP contribution in [0.15, 0.2) is 12.2 Å². The molecule has 37 valence electrons. The molecule has 0 amide bonds. The molecule has 1 N–H and O–H groups in total. The summed E-state index contributed by atoms with van der Waals surface area (Å²) in [6.45, 7) is 0. The molecule has 1 unspecified atom stereocenters. The smallest absolute Gasteiger partial charge is 0.310 e. The van der Waals surface area contributed by atoms with E-state index in [0.717, 1.165) is 0 Å². The first-order valence-corrected chi connectivity index (χ1v) is 2.05. The second-order valence-electron chi connectivity index (χ2n) is 1.44. The second-order valence-corrected chi connectivity index (χ2v) is 1.44. The minimum Gasteiger partial charge on any atom is -0.481 e. The maximum absolute atomic E-state index is 9.90. The Bertz CT molecular complexity index is 115. The number of aliphatic carboxylic acids is 1. The van der Waals surface area contributed by atoms with Crippen molar-refractivity contribution in [1.82, 2.24) is 0 Å². The molecule has 0 aromatic rings. The standard InChI is InChI=1S/C5H5O2/c6-5(7)4-2-1-3-4/h1-4H,(H,6,7). The molecule has 0 fully saturated rings. The first-order chi connectivity index (χ1) is 3.30. The maximum atomic E-state index is 9.90. The van der Waals surface area contributed by atoms with Gasteiger partial charge in [-0.25, -0.2) is 0 Å². The van der Waals surface area contributed by atoms with Crippen LogP contribution in [-0.4, -0.2) is 11.1 Å². The fourth-order valence-electron chi connectivity index (χ4n) is 0.387. The van der Waals surface area contributed by atoms with Crippen LogP contribution < -0.4 is 0 Å². The lowest BCUT2D eigenvalue weighted by molar-refractivity contribution is -0.139. The summed E-state index contributed by atoms with van der Waals surface area (Å²) in [6, 6.07) is 0. The fourth-order valence-corrected chi connectivity index (χ4v) is 0.387. The van der Waals surface area contributed by atoms with Gasteiger partial charge in [-0.2, -0.15) is 0 Å². The van der Waals surface area contributed by atoms with Gasteiger partial charge >= 0.3 is 5.97 Å². The van der Waals surface area contributed by atoms with E-state index in [1.54, 1.807) is 18.6 Å². The van der Waals surface area contributed by atoms with Gasteiger partial charge in [-0.1, -0.05) is 12.2 Å². The Kier molecular flexibility index (Phi) is 0.855. The average molecular weight is 97.1 g/mol. The molecule has 1 rings (SSSR count). The van der Waals surface area contributed by atoms with Crippen molar-refractivity contribution in [3.63, 3.8) is 0 Å². The summed E-state index contributed by atoms with van der Waals surface area (Å²) >= 11 is 0. The molecule has 1 atom stereocenters. The minimum atomic E-state index is -0.762. The first-order valence-electron chi connectivity index (χ1n) is 2.05. The highest BCUT2D eigenvalue weighted by atomic mass is 16.4. The second kappa shape index (κ2) is 1.37. The lowest BCUT2D eigenvalue weighted by Gasteiger charge is -2.09. The summed E-state index contributed by atoms with van der Waals surface area (Å²) < 4.78 is 0. The van der Waals surface area contributed by atoms with Crippen molar-refractivity contribution in [2.45, 2.75) is 0 Å². The van der Waals surface area contributed by atoms with Crippen molar-refractivity contribution < 1.29 is 9.90 Å². The van der Waals surface area contributed by atoms with Crippen LogP contribution >= 0.6 is 0 Å². The molecule has 0 aromatic heterocycles. The molecule has 0 saturated heterocycles. The maximum Gasteiger partial charge on any atom is 0.310 e. The monoisotopic (exact) mass is 97.0 g/mol. The van der Waals surface area contributed by atoms with Gasteiger partial charge in [0.2, 0.25) is 0 Å². The fraction of sp³-hybridized carbons (Fsp3) is 0.200. The summed E-state index contributed by atoms with van der Waals surface area (Å²) in [5.74, 6) is -1.07. The number of carboxylic acid groups (broad SMARTS) is 1. The van der Waals surface area contributed by atoms with Crippen LogP contribution in [0.3, 0.4) is 0 Å². The van der Waals surface area contributed by atoms with Gasteiger partial charge in [-0.05, 0) is 0 Å². The zero-order chi connectivity index (χ0) is 5.28. The molecule has 1 radical (unpaired) electrons. The lowest BCUT2D eigenvalue weighted by atomic mass is 9.96. The Labute approximate surface area is 41.5 Å². The van der Waals surface area contributed by atoms with Crippen LogP contribution in [0.5, 0.6) is 0 Å². The molecule has 1 aliphatic rings. The van der Waals surface area contributed by atoms with Crippen molar-refractivity contribution in [2.75, 3.05) is 0 Å². The summed E-state index contributed by atoms with van der Waals surface area (Å²) in [5, 5.41) is 8.15. The van der Waals surface area contributed by atoms with Gasteiger partial charge in [0, 0.05) is 6.42 Å². The van der Waals surface area contributed by atoms with Gasteiger partial charge in [-0.15, -0.1) is 0 Å². The average Bonchev–Trinajstić information content (AvgIpc) is 1.23. The third-order valence-corrected chi connectivity index (χ3v) is 0.922. The molecule has 0 spiro atoms. The number of hydrogen-bond acceptors (Lipinski definition) is 1. The quantitative estimate of drug-likeness (QED) is 0.516. The van der Waals surface area contributed by atoms with Crippen LogP contribution in [0.1, 0.15) is 0 Å². The normalized spacial score (nSPS) is 26.6. The van der Waals surface area contributed by atoms with Crippen LogP contribution in [-0.2, 0) is 4.79 Å². The zero-order valence-electron chi connectivity index (χ0n) is 3.66. The van der Waals surface area contributed by atoms with Crippen molar-refractivity contribution in [2.24, 2.45) is 5.92 Å². The predicted octanol–water partition coefficient (Wildman–Crippen LogP) is 0.461. The largest absolute Gasteiger partial charge is 0.481 e. The molecular weight excluding hydrogens is 92.1 g/mol. The van der Waals surface area contributed by atoms with Gasteiger partial charge in [-0.3, -0.25) is 4.79 Å². The molecule has 2 heteroatoms. The van der Waals surface area contributed by atoms with E-state index < -0.39 is 5.97 Å². The van der Waals surface area contributed by atoms with E-state index in [4.69, 9.17) is 5.11 Å². The van der Waals surface area contributed by atoms with Crippen molar-refractivity contribution in [3.8, 4) is 0 Å². The van der Waals surface area contributed by atoms with E-state index >= 15 is 0 Å². The Morgan fingerprint density at radius 3 is 2.29 bits per heavy atom. The third-order valence-electron chi connectivity index (χ3n) is 0.922. The molecule has 0 aliphatic heterocycles. The highest BCUT2D eigenvalue weighted by molar-refractivity contribution is 5.76. The molecule has 2 nitrogen and oxygen atoms in total. The summed E-state index contributed by atoms with van der Waals surface area (Å²) in [6.07, 6.45) is 5.02. The molecule has 0 saturated carbocycles. The van der Waals surface area contributed by atoms with E-state index in [1.165, 1.54) is 0 Å². The number of allylic oxidation sites excluding steroid dienone is 1. The van der Waals surface area contributed by atoms with Gasteiger partial charge in [0.25, 0.3) is 0 Å². The van der Waals surface area contributed by atoms with E-state index in [9.17, 15) is 4.79 Å². The SMILES string of the molecule is O=C(O)C1[CH]C=C1. The number of carbonyl (C=O) groups is 1. The van der Waals surface area contributed by atoms with Crippen LogP contribution in [0.2, 0.25) is 0 Å². The van der Waals surface area contributed by atoms with E-state index in [2.05, 4.69) is 0 Å². The van der Waals surface area contributed by atoms with E-state index in [-0.39, 0.29) is 5.92 Å². The molecule has 0 bridgehead atoms. The van der Waals surface area contributed by atoms with E-state index in [0.29, 0.717) is 0 Å². The Morgan fingerprint density at radius 1 is 1.71 bits per heavy atom. The minimum absolute atomic E-state index is 0.306. The first kappa shape index (κ1) is 4.37. The Balaban J connectivity index is 2.44. The molecular formula is C5H5O2. The summed E-state index contributed by atoms with van der Waals surface area (Å²) in [4.78, 5) is 9.90. The zero-order valence-corrected chi connectivity index (χ0v) is 3.66. The predicted molar refractivity (Wildman–Crippen MR) is 24.6 cm³/mol.